The van der Waals surface area contributed by atoms with Crippen molar-refractivity contribution in [1.82, 2.24) is 5.32 Å². The lowest BCUT2D eigenvalue weighted by Gasteiger charge is -2.18. The maximum Gasteiger partial charge on any atom is 0.323 e. The molecule has 0 aliphatic rings. The molecule has 5 nitrogen and oxygen atoms in total. The third kappa shape index (κ3) is 6.31. The molecule has 0 aliphatic carbocycles. The molecule has 0 rings (SSSR count). The molecule has 5 N–H and O–H groups in total. The number of nitrogens with one attached hydrogen (secondary N) is 2. The van der Waals surface area contributed by atoms with E-state index >= 15 is 0 Å². The number of allylic oxidation sites excluding steroid dienone is 1. The highest BCUT2D eigenvalue weighted by Gasteiger charge is 2.26. The number of carboxylic acid groups (broad SMARTS) is 1. The summed E-state index contributed by atoms with van der Waals surface area (Å²) in [6.07, 6.45) is 4.38. The number of rotatable bonds is 8. The molecule has 16 heavy (non-hydrogen) atoms. The van der Waals surface area contributed by atoms with Crippen molar-refractivity contribution in [3.05, 3.63) is 11.6 Å². The summed E-state index contributed by atoms with van der Waals surface area (Å²) in [7, 11) is 0. The zero-order chi connectivity index (χ0) is 12.6. The predicted molar refractivity (Wildman–Crippen MR) is 64.9 cm³/mol. The molecule has 0 fully saturated rings. The Balaban J connectivity index is 3.92. The van der Waals surface area contributed by atoms with Crippen LogP contribution in [0.15, 0.2) is 11.6 Å². The van der Waals surface area contributed by atoms with Crippen molar-refractivity contribution in [3.63, 3.8) is 0 Å². The second-order valence-electron chi connectivity index (χ2n) is 4.14. The Hall–Kier alpha value is -1.20. The van der Waals surface area contributed by atoms with E-state index in [9.17, 15) is 4.79 Å². The number of hydrogen-bond donors (Lipinski definition) is 4. The maximum absolute atomic E-state index is 10.8. The Morgan fingerprint density at radius 2 is 2.19 bits per heavy atom. The summed E-state index contributed by atoms with van der Waals surface area (Å²) in [4.78, 5) is 10.8. The molecule has 0 bridgehead atoms. The topological polar surface area (TPSA) is 99.2 Å². The van der Waals surface area contributed by atoms with Gasteiger partial charge in [-0.15, -0.1) is 0 Å². The van der Waals surface area contributed by atoms with Crippen molar-refractivity contribution in [2.45, 2.75) is 32.2 Å². The molecule has 92 valence electrons. The van der Waals surface area contributed by atoms with Crippen LogP contribution < -0.4 is 11.1 Å². The average Bonchev–Trinajstić information content (AvgIpc) is 2.21. The number of carbonyl (C=O) groups is 1. The molecule has 0 aromatic carbocycles. The molecule has 1 atom stereocenters. The Morgan fingerprint density at radius 1 is 1.56 bits per heavy atom. The van der Waals surface area contributed by atoms with Gasteiger partial charge in [0.05, 0.1) is 0 Å². The van der Waals surface area contributed by atoms with Crippen LogP contribution in [0.3, 0.4) is 0 Å². The normalized spacial score (nSPS) is 15.6. The summed E-state index contributed by atoms with van der Waals surface area (Å²) in [5, 5.41) is 18.6. The van der Waals surface area contributed by atoms with Crippen LogP contribution >= 0.6 is 0 Å². The van der Waals surface area contributed by atoms with Gasteiger partial charge in [-0.2, -0.15) is 0 Å². The SMILES string of the molecule is C/C(=C/CNCC=N)CC[C@](C)(N)C(=O)O. The van der Waals surface area contributed by atoms with Gasteiger partial charge in [-0.1, -0.05) is 11.6 Å². The van der Waals surface area contributed by atoms with Crippen LogP contribution in [0.2, 0.25) is 0 Å². The molecule has 0 amide bonds. The molecule has 5 heteroatoms. The van der Waals surface area contributed by atoms with Crippen molar-refractivity contribution in [2.75, 3.05) is 13.1 Å². The Labute approximate surface area is 96.2 Å². The summed E-state index contributed by atoms with van der Waals surface area (Å²) in [6, 6.07) is 0. The fourth-order valence-electron chi connectivity index (χ4n) is 1.07. The van der Waals surface area contributed by atoms with Crippen LogP contribution in [0.4, 0.5) is 0 Å². The lowest BCUT2D eigenvalue weighted by Crippen LogP contribution is -2.44. The number of nitrogens with two attached hydrogens (primary N) is 1. The molecule has 0 unspecified atom stereocenters. The van der Waals surface area contributed by atoms with Gasteiger partial charge in [-0.05, 0) is 26.7 Å². The van der Waals surface area contributed by atoms with Crippen LogP contribution in [-0.2, 0) is 4.79 Å². The van der Waals surface area contributed by atoms with Crippen molar-refractivity contribution >= 4 is 12.2 Å². The summed E-state index contributed by atoms with van der Waals surface area (Å²) in [6.45, 7) is 4.71. The second kappa shape index (κ2) is 7.14. The van der Waals surface area contributed by atoms with Gasteiger partial charge in [0.25, 0.3) is 0 Å². The minimum absolute atomic E-state index is 0.426. The van der Waals surface area contributed by atoms with Gasteiger partial charge in [0.1, 0.15) is 5.54 Å². The first-order chi connectivity index (χ1) is 7.40. The summed E-state index contributed by atoms with van der Waals surface area (Å²) in [5.74, 6) is -0.970. The van der Waals surface area contributed by atoms with E-state index in [1.54, 1.807) is 0 Å². The maximum atomic E-state index is 10.8. The summed E-state index contributed by atoms with van der Waals surface area (Å²) < 4.78 is 0. The van der Waals surface area contributed by atoms with Crippen LogP contribution in [0.5, 0.6) is 0 Å². The molecule has 0 aromatic heterocycles. The van der Waals surface area contributed by atoms with Crippen LogP contribution in [-0.4, -0.2) is 35.9 Å². The quantitative estimate of drug-likeness (QED) is 0.279. The monoisotopic (exact) mass is 227 g/mol. The van der Waals surface area contributed by atoms with E-state index < -0.39 is 11.5 Å². The third-order valence-electron chi connectivity index (χ3n) is 2.37. The first kappa shape index (κ1) is 14.8. The van der Waals surface area contributed by atoms with Gasteiger partial charge in [-0.3, -0.25) is 4.79 Å². The Bertz CT molecular complexity index is 272. The average molecular weight is 227 g/mol. The van der Waals surface area contributed by atoms with E-state index in [1.165, 1.54) is 13.1 Å². The van der Waals surface area contributed by atoms with Crippen LogP contribution in [0, 0.1) is 5.41 Å². The molecule has 0 saturated carbocycles. The van der Waals surface area contributed by atoms with E-state index in [4.69, 9.17) is 16.2 Å². The van der Waals surface area contributed by atoms with Gasteiger partial charge in [0, 0.05) is 19.3 Å². The van der Waals surface area contributed by atoms with Crippen LogP contribution in [0.25, 0.3) is 0 Å². The summed E-state index contributed by atoms with van der Waals surface area (Å²) in [5.41, 5.74) is 5.56. The first-order valence-electron chi connectivity index (χ1n) is 5.27. The van der Waals surface area contributed by atoms with E-state index in [1.807, 2.05) is 13.0 Å². The molecular weight excluding hydrogens is 206 g/mol. The number of hydrogen-bond acceptors (Lipinski definition) is 4. The number of carboxylic acids is 1. The molecule has 0 heterocycles. The molecule has 0 saturated heterocycles. The molecule has 0 spiro atoms. The van der Waals surface area contributed by atoms with Gasteiger partial charge in [-0.25, -0.2) is 0 Å². The molecule has 0 radical (unpaired) electrons. The first-order valence-corrected chi connectivity index (χ1v) is 5.27. The standard InChI is InChI=1S/C11H21N3O2/c1-9(4-7-14-8-6-12)3-5-11(2,13)10(15)16/h4,6,12,14H,3,5,7-8,13H2,1-2H3,(H,15,16)/b9-4-,12-6?/t11-/m0/s1. The molecular formula is C11H21N3O2. The Kier molecular flexibility index (Phi) is 6.60. The number of aliphatic carboxylic acids is 1. The van der Waals surface area contributed by atoms with Gasteiger partial charge < -0.3 is 21.6 Å². The fraction of sp³-hybridized carbons (Fsp3) is 0.636. The van der Waals surface area contributed by atoms with Crippen molar-refractivity contribution in [3.8, 4) is 0 Å². The second-order valence-corrected chi connectivity index (χ2v) is 4.14. The van der Waals surface area contributed by atoms with Crippen molar-refractivity contribution in [2.24, 2.45) is 5.73 Å². The highest BCUT2D eigenvalue weighted by Crippen LogP contribution is 2.13. The fourth-order valence-corrected chi connectivity index (χ4v) is 1.07. The van der Waals surface area contributed by atoms with Crippen LogP contribution in [0.1, 0.15) is 26.7 Å². The van der Waals surface area contributed by atoms with Gasteiger partial charge in [0.15, 0.2) is 0 Å². The zero-order valence-corrected chi connectivity index (χ0v) is 9.92. The van der Waals surface area contributed by atoms with E-state index in [2.05, 4.69) is 5.32 Å². The molecule has 0 aromatic rings. The van der Waals surface area contributed by atoms with Gasteiger partial charge in [0.2, 0.25) is 0 Å². The minimum Gasteiger partial charge on any atom is -0.480 e. The van der Waals surface area contributed by atoms with Crippen molar-refractivity contribution < 1.29 is 9.90 Å². The molecule has 0 aliphatic heterocycles. The minimum atomic E-state index is -1.16. The third-order valence-corrected chi connectivity index (χ3v) is 2.37. The van der Waals surface area contributed by atoms with E-state index in [0.29, 0.717) is 25.9 Å². The van der Waals surface area contributed by atoms with Gasteiger partial charge >= 0.3 is 5.97 Å². The predicted octanol–water partition coefficient (Wildman–Crippen LogP) is 0.754. The van der Waals surface area contributed by atoms with E-state index in [-0.39, 0.29) is 0 Å². The van der Waals surface area contributed by atoms with E-state index in [0.717, 1.165) is 5.57 Å². The highest BCUT2D eigenvalue weighted by atomic mass is 16.4. The zero-order valence-electron chi connectivity index (χ0n) is 9.92. The summed E-state index contributed by atoms with van der Waals surface area (Å²) >= 11 is 0. The lowest BCUT2D eigenvalue weighted by molar-refractivity contribution is -0.142. The lowest BCUT2D eigenvalue weighted by atomic mass is 9.95. The Morgan fingerprint density at radius 3 is 2.69 bits per heavy atom. The van der Waals surface area contributed by atoms with Crippen molar-refractivity contribution in [1.29, 1.82) is 5.41 Å². The largest absolute Gasteiger partial charge is 0.480 e. The smallest absolute Gasteiger partial charge is 0.323 e. The highest BCUT2D eigenvalue weighted by molar-refractivity contribution is 5.77.